The molecule has 0 bridgehead atoms. The minimum Gasteiger partial charge on any atom is -0.315 e. The Morgan fingerprint density at radius 1 is 0.879 bits per heavy atom. The van der Waals surface area contributed by atoms with E-state index in [4.69, 9.17) is 4.78 Å². The van der Waals surface area contributed by atoms with Crippen LogP contribution in [0.5, 0.6) is 0 Å². The normalized spacial score (nSPS) is 15.2. The Morgan fingerprint density at radius 2 is 1.33 bits per heavy atom. The molecule has 2 atom stereocenters. The number of hydrogen-bond donors (Lipinski definition) is 2. The van der Waals surface area contributed by atoms with Gasteiger partial charge in [-0.2, -0.15) is 8.78 Å². The molecule has 0 aliphatic heterocycles. The molecule has 0 amide bonds. The van der Waals surface area contributed by atoms with Gasteiger partial charge in [-0.25, -0.2) is 13.4 Å². The summed E-state index contributed by atoms with van der Waals surface area (Å²) in [6.07, 6.45) is -0.814. The monoisotopic (exact) mass is 488 g/mol. The van der Waals surface area contributed by atoms with Crippen molar-refractivity contribution in [3.05, 3.63) is 90.5 Å². The highest BCUT2D eigenvalue weighted by Gasteiger charge is 2.50. The van der Waals surface area contributed by atoms with Crippen LogP contribution in [0.4, 0.5) is 8.78 Å². The first kappa shape index (κ1) is 25.2. The van der Waals surface area contributed by atoms with E-state index in [1.807, 2.05) is 60.7 Å². The van der Waals surface area contributed by atoms with Gasteiger partial charge in [0, 0.05) is 0 Å². The van der Waals surface area contributed by atoms with Crippen molar-refractivity contribution in [2.24, 2.45) is 0 Å². The summed E-state index contributed by atoms with van der Waals surface area (Å²) in [5.74, 6) is 0. The summed E-state index contributed by atoms with van der Waals surface area (Å²) in [5.41, 5.74) is 0.527. The fourth-order valence-electron chi connectivity index (χ4n) is 4.12. The molecular weight excluding hydrogens is 458 g/mol. The molecule has 0 saturated carbocycles. The molecule has 0 saturated heterocycles. The van der Waals surface area contributed by atoms with Gasteiger partial charge in [0.1, 0.15) is 9.92 Å². The zero-order chi connectivity index (χ0) is 24.3. The molecule has 2 unspecified atom stereocenters. The molecule has 0 aliphatic rings. The number of benzene rings is 3. The zero-order valence-corrected chi connectivity index (χ0v) is 21.0. The van der Waals surface area contributed by atoms with Gasteiger partial charge in [0.05, 0.1) is 11.0 Å². The van der Waals surface area contributed by atoms with Crippen molar-refractivity contribution in [3.63, 3.8) is 0 Å². The summed E-state index contributed by atoms with van der Waals surface area (Å²) in [6.45, 7) is 4.97. The van der Waals surface area contributed by atoms with Gasteiger partial charge in [0.15, 0.2) is 0 Å². The Hall–Kier alpha value is -2.39. The van der Waals surface area contributed by atoms with Gasteiger partial charge in [0.2, 0.25) is 8.24 Å². The second-order valence-corrected chi connectivity index (χ2v) is 15.6. The van der Waals surface area contributed by atoms with Crippen molar-refractivity contribution in [1.29, 1.82) is 4.78 Å². The quantitative estimate of drug-likeness (QED) is 0.414. The minimum absolute atomic E-state index is 0.295. The first-order chi connectivity index (χ1) is 15.5. The number of rotatable bonds is 8. The molecule has 8 heteroatoms. The largest absolute Gasteiger partial charge is 0.345 e. The molecule has 2 N–H and O–H groups in total. The van der Waals surface area contributed by atoms with Gasteiger partial charge in [-0.05, 0) is 40.0 Å². The van der Waals surface area contributed by atoms with E-state index in [1.54, 1.807) is 24.3 Å². The number of nitrogens with one attached hydrogen (secondary N) is 2. The zero-order valence-electron chi connectivity index (χ0n) is 19.2. The lowest BCUT2D eigenvalue weighted by Gasteiger charge is -2.44. The van der Waals surface area contributed by atoms with E-state index in [2.05, 4.69) is 29.9 Å². The summed E-state index contributed by atoms with van der Waals surface area (Å²) in [5, 5.41) is 1.72. The highest BCUT2D eigenvalue weighted by Crippen LogP contribution is 2.35. The Morgan fingerprint density at radius 3 is 1.73 bits per heavy atom. The van der Waals surface area contributed by atoms with E-state index in [1.165, 1.54) is 6.92 Å². The molecule has 3 aromatic rings. The van der Waals surface area contributed by atoms with E-state index in [-0.39, 0.29) is 5.04 Å². The van der Waals surface area contributed by atoms with Gasteiger partial charge in [-0.1, -0.05) is 93.6 Å². The molecular formula is C25H30F2N2O2SSi. The molecule has 4 nitrogen and oxygen atoms in total. The summed E-state index contributed by atoms with van der Waals surface area (Å²) >= 11 is 0. The molecule has 33 heavy (non-hydrogen) atoms. The van der Waals surface area contributed by atoms with Crippen LogP contribution in [0, 0.1) is 4.78 Å². The third-order valence-electron chi connectivity index (χ3n) is 5.82. The Bertz CT molecular complexity index is 1110. The molecule has 176 valence electrons. The fraction of sp³-hybridized carbons (Fsp3) is 0.280. The highest BCUT2D eigenvalue weighted by molar-refractivity contribution is 7.92. The van der Waals surface area contributed by atoms with E-state index in [0.717, 1.165) is 10.4 Å². The van der Waals surface area contributed by atoms with Gasteiger partial charge in [-0.3, -0.25) is 0 Å². The van der Waals surface area contributed by atoms with Gasteiger partial charge in [-0.15, -0.1) is 0 Å². The number of ether oxygens (including phenoxy) is 1. The van der Waals surface area contributed by atoms with Gasteiger partial charge in [0.25, 0.3) is 0 Å². The summed E-state index contributed by atoms with van der Waals surface area (Å²) in [7, 11) is -6.40. The average molecular weight is 489 g/mol. The van der Waals surface area contributed by atoms with Crippen molar-refractivity contribution in [2.45, 2.75) is 50.3 Å². The van der Waals surface area contributed by atoms with Gasteiger partial charge < -0.3 is 4.74 Å². The summed E-state index contributed by atoms with van der Waals surface area (Å²) in [6, 6.07) is 26.1. The third kappa shape index (κ3) is 5.41. The van der Waals surface area contributed by atoms with E-state index < -0.39 is 30.9 Å². The van der Waals surface area contributed by atoms with Crippen LogP contribution in [0.2, 0.25) is 5.04 Å². The maximum atomic E-state index is 13.9. The Labute approximate surface area is 196 Å². The first-order valence-electron chi connectivity index (χ1n) is 10.7. The van der Waals surface area contributed by atoms with Crippen molar-refractivity contribution < 1.29 is 17.7 Å². The molecule has 0 spiro atoms. The van der Waals surface area contributed by atoms with Crippen LogP contribution in [0.15, 0.2) is 89.8 Å². The fourth-order valence-corrected chi connectivity index (χ4v) is 12.5. The van der Waals surface area contributed by atoms with Crippen LogP contribution >= 0.6 is 0 Å². The first-order valence-corrected chi connectivity index (χ1v) is 14.3. The Balaban J connectivity index is 2.10. The van der Waals surface area contributed by atoms with E-state index in [9.17, 15) is 13.0 Å². The minimum atomic E-state index is -3.44. The molecule has 0 fully saturated rings. The van der Waals surface area contributed by atoms with E-state index in [0.29, 0.717) is 10.5 Å². The lowest BCUT2D eigenvalue weighted by molar-refractivity contribution is -0.159. The smallest absolute Gasteiger partial charge is 0.315 e. The van der Waals surface area contributed by atoms with Crippen LogP contribution in [-0.2, 0) is 14.7 Å². The van der Waals surface area contributed by atoms with Crippen molar-refractivity contribution in [2.75, 3.05) is 0 Å². The summed E-state index contributed by atoms with van der Waals surface area (Å²) in [4.78, 5) is 0.295. The summed E-state index contributed by atoms with van der Waals surface area (Å²) < 4.78 is 55.8. The van der Waals surface area contributed by atoms with Crippen LogP contribution in [0.1, 0.15) is 39.4 Å². The SMILES string of the molecule is CC(OC(F)F)c1ccc(S(=N)(=O)N[Si](c2ccccc2)(c2ccccc2)C(C)(C)C)cc1. The molecule has 0 aliphatic carbocycles. The van der Waals surface area contributed by atoms with Crippen molar-refractivity contribution in [1.82, 2.24) is 4.39 Å². The second-order valence-electron chi connectivity index (χ2n) is 9.00. The van der Waals surface area contributed by atoms with Crippen molar-refractivity contribution >= 4 is 28.5 Å². The molecule has 3 aromatic carbocycles. The third-order valence-corrected chi connectivity index (χ3v) is 13.8. The Kier molecular flexibility index (Phi) is 7.53. The molecule has 3 rings (SSSR count). The van der Waals surface area contributed by atoms with Gasteiger partial charge >= 0.3 is 6.61 Å². The maximum absolute atomic E-state index is 13.9. The number of alkyl halides is 2. The predicted octanol–water partition coefficient (Wildman–Crippen LogP) is 5.46. The standard InChI is InChI=1S/C25H30F2N2O2SSi/c1-19(31-24(26)27)20-15-17-21(18-16-20)32(28,30)29-33(25(2,3)4,22-11-7-5-8-12-22)23-13-9-6-10-14-23/h5-19,24H,1-4H3,(H2,28,29,30). The van der Waals surface area contributed by atoms with E-state index >= 15 is 0 Å². The molecule has 0 aromatic heterocycles. The highest BCUT2D eigenvalue weighted by atomic mass is 32.2. The van der Waals surface area contributed by atoms with Crippen LogP contribution in [0.3, 0.4) is 0 Å². The maximum Gasteiger partial charge on any atom is 0.345 e. The number of halogens is 2. The van der Waals surface area contributed by atoms with Crippen LogP contribution < -0.4 is 14.8 Å². The molecule has 0 radical (unpaired) electrons. The average Bonchev–Trinajstić information content (AvgIpc) is 2.77. The van der Waals surface area contributed by atoms with Crippen LogP contribution in [0.25, 0.3) is 0 Å². The topological polar surface area (TPSA) is 62.2 Å². The lowest BCUT2D eigenvalue weighted by atomic mass is 10.1. The molecule has 0 heterocycles. The number of hydrogen-bond acceptors (Lipinski definition) is 3. The predicted molar refractivity (Wildman–Crippen MR) is 132 cm³/mol. The van der Waals surface area contributed by atoms with Crippen molar-refractivity contribution in [3.8, 4) is 0 Å². The van der Waals surface area contributed by atoms with Crippen LogP contribution in [-0.4, -0.2) is 19.1 Å². The second kappa shape index (κ2) is 9.85. The lowest BCUT2D eigenvalue weighted by Crippen LogP contribution is -2.74.